The van der Waals surface area contributed by atoms with Gasteiger partial charge in [-0.2, -0.15) is 18.4 Å². The summed E-state index contributed by atoms with van der Waals surface area (Å²) in [5.41, 5.74) is -4.32. The summed E-state index contributed by atoms with van der Waals surface area (Å²) < 4.78 is 40.2. The molecule has 23 heavy (non-hydrogen) atoms. The van der Waals surface area contributed by atoms with E-state index in [0.717, 1.165) is 6.07 Å². The van der Waals surface area contributed by atoms with Crippen LogP contribution < -0.4 is 0 Å². The molecule has 0 radical (unpaired) electrons. The SMILES string of the molecule is CC(O)C1C(=O)c2c(C(F)(F)F)cc(C#N)cc2C1(O)CCI. The third-order valence-corrected chi connectivity index (χ3v) is 4.58. The van der Waals surface area contributed by atoms with Gasteiger partial charge < -0.3 is 10.2 Å². The number of ketones is 1. The number of alkyl halides is 4. The van der Waals surface area contributed by atoms with Crippen molar-refractivity contribution >= 4 is 28.4 Å². The first-order chi connectivity index (χ1) is 10.6. The highest BCUT2D eigenvalue weighted by atomic mass is 127. The molecule has 0 spiro atoms. The quantitative estimate of drug-likeness (QED) is 0.561. The van der Waals surface area contributed by atoms with Crippen LogP contribution >= 0.6 is 22.6 Å². The molecule has 3 atom stereocenters. The number of nitrogens with zero attached hydrogens (tertiary/aromatic N) is 1. The van der Waals surface area contributed by atoms with Crippen molar-refractivity contribution in [2.45, 2.75) is 31.2 Å². The van der Waals surface area contributed by atoms with E-state index in [1.165, 1.54) is 6.92 Å². The monoisotopic (exact) mass is 439 g/mol. The second-order valence-corrected chi connectivity index (χ2v) is 6.58. The summed E-state index contributed by atoms with van der Waals surface area (Å²) in [6.07, 6.45) is -6.17. The van der Waals surface area contributed by atoms with Gasteiger partial charge in [0.25, 0.3) is 0 Å². The van der Waals surface area contributed by atoms with Crippen molar-refractivity contribution in [1.29, 1.82) is 5.26 Å². The van der Waals surface area contributed by atoms with Crippen LogP contribution in [0.15, 0.2) is 12.1 Å². The lowest BCUT2D eigenvalue weighted by Gasteiger charge is -2.31. The van der Waals surface area contributed by atoms with Crippen molar-refractivity contribution < 1.29 is 28.2 Å². The van der Waals surface area contributed by atoms with E-state index in [-0.39, 0.29) is 17.5 Å². The van der Waals surface area contributed by atoms with Crippen LogP contribution in [0.4, 0.5) is 13.2 Å². The van der Waals surface area contributed by atoms with Crippen molar-refractivity contribution in [3.05, 3.63) is 34.4 Å². The number of aliphatic hydroxyl groups excluding tert-OH is 1. The fraction of sp³-hybridized carbons (Fsp3) is 0.467. The smallest absolute Gasteiger partial charge is 0.393 e. The van der Waals surface area contributed by atoms with E-state index >= 15 is 0 Å². The first-order valence-corrected chi connectivity index (χ1v) is 8.27. The number of Topliss-reactive ketones (excluding diaryl/α,β-unsaturated/α-hetero) is 1. The summed E-state index contributed by atoms with van der Waals surface area (Å²) in [4.78, 5) is 12.5. The van der Waals surface area contributed by atoms with Gasteiger partial charge in [0, 0.05) is 9.99 Å². The van der Waals surface area contributed by atoms with E-state index in [1.54, 1.807) is 6.07 Å². The molecule has 4 nitrogen and oxygen atoms in total. The van der Waals surface area contributed by atoms with Crippen molar-refractivity contribution in [3.63, 3.8) is 0 Å². The average molecular weight is 439 g/mol. The highest BCUT2D eigenvalue weighted by Gasteiger charge is 2.55. The number of aliphatic hydroxyl groups is 2. The zero-order valence-electron chi connectivity index (χ0n) is 12.0. The zero-order chi connectivity index (χ0) is 17.6. The van der Waals surface area contributed by atoms with E-state index in [9.17, 15) is 28.2 Å². The average Bonchev–Trinajstić information content (AvgIpc) is 2.65. The molecule has 0 aliphatic heterocycles. The molecule has 0 fully saturated rings. The van der Waals surface area contributed by atoms with Gasteiger partial charge in [0.2, 0.25) is 0 Å². The Morgan fingerprint density at radius 1 is 1.48 bits per heavy atom. The summed E-state index contributed by atoms with van der Waals surface area (Å²) in [6, 6.07) is 3.33. The highest BCUT2D eigenvalue weighted by molar-refractivity contribution is 14.1. The lowest BCUT2D eigenvalue weighted by atomic mass is 9.81. The van der Waals surface area contributed by atoms with Crippen molar-refractivity contribution in [2.75, 3.05) is 4.43 Å². The molecule has 2 rings (SSSR count). The first kappa shape index (κ1) is 18.2. The van der Waals surface area contributed by atoms with Gasteiger partial charge in [0.1, 0.15) is 5.60 Å². The molecule has 124 valence electrons. The minimum Gasteiger partial charge on any atom is -0.393 e. The van der Waals surface area contributed by atoms with Gasteiger partial charge in [-0.3, -0.25) is 4.79 Å². The molecule has 0 heterocycles. The number of hydrogen-bond acceptors (Lipinski definition) is 4. The molecule has 1 aliphatic carbocycles. The number of carbonyl (C=O) groups is 1. The predicted molar refractivity (Wildman–Crippen MR) is 83.1 cm³/mol. The van der Waals surface area contributed by atoms with Crippen LogP contribution in [0.1, 0.15) is 40.4 Å². The van der Waals surface area contributed by atoms with Gasteiger partial charge in [-0.1, -0.05) is 22.6 Å². The summed E-state index contributed by atoms with van der Waals surface area (Å²) in [5, 5.41) is 29.7. The number of hydrogen-bond donors (Lipinski definition) is 2. The standard InChI is InChI=1S/C15H13F3INO3/c1-7(21)12-13(22)11-9(14(12,23)2-3-19)4-8(6-20)5-10(11)15(16,17)18/h4-5,7,12,21,23H,2-3H2,1H3. The molecule has 1 aromatic rings. The van der Waals surface area contributed by atoms with Crippen LogP contribution in [-0.4, -0.2) is 26.5 Å². The Labute approximate surface area is 144 Å². The molecule has 0 saturated carbocycles. The first-order valence-electron chi connectivity index (χ1n) is 6.74. The molecule has 0 aromatic heterocycles. The van der Waals surface area contributed by atoms with Gasteiger partial charge in [-0.05, 0) is 31.0 Å². The Morgan fingerprint density at radius 3 is 2.52 bits per heavy atom. The summed E-state index contributed by atoms with van der Waals surface area (Å²) in [7, 11) is 0. The molecule has 1 aliphatic rings. The molecule has 0 saturated heterocycles. The fourth-order valence-corrected chi connectivity index (χ4v) is 3.95. The third kappa shape index (κ3) is 2.86. The van der Waals surface area contributed by atoms with Crippen LogP contribution in [0.25, 0.3) is 0 Å². The Kier molecular flexibility index (Phi) is 4.76. The maximum atomic E-state index is 13.3. The molecule has 1 aromatic carbocycles. The molecular weight excluding hydrogens is 426 g/mol. The van der Waals surface area contributed by atoms with E-state index < -0.39 is 40.7 Å². The molecule has 8 heteroatoms. The lowest BCUT2D eigenvalue weighted by Crippen LogP contribution is -2.40. The summed E-state index contributed by atoms with van der Waals surface area (Å²) in [5.74, 6) is -2.33. The molecule has 0 bridgehead atoms. The highest BCUT2D eigenvalue weighted by Crippen LogP contribution is 2.49. The number of rotatable bonds is 3. The predicted octanol–water partition coefficient (Wildman–Crippen LogP) is 2.78. The van der Waals surface area contributed by atoms with Gasteiger partial charge in [-0.25, -0.2) is 0 Å². The Hall–Kier alpha value is -1.18. The van der Waals surface area contributed by atoms with Crippen molar-refractivity contribution in [3.8, 4) is 6.07 Å². The molecule has 3 unspecified atom stereocenters. The van der Waals surface area contributed by atoms with E-state index in [0.29, 0.717) is 10.5 Å². The fourth-order valence-electron chi connectivity index (χ4n) is 3.13. The normalized spacial score (nSPS) is 25.1. The minimum absolute atomic E-state index is 0.00591. The largest absolute Gasteiger partial charge is 0.417 e. The van der Waals surface area contributed by atoms with Gasteiger partial charge in [0.05, 0.1) is 29.2 Å². The second kappa shape index (κ2) is 6.03. The number of fused-ring (bicyclic) bond motifs is 1. The second-order valence-electron chi connectivity index (χ2n) is 5.50. The van der Waals surface area contributed by atoms with Crippen LogP contribution in [0.5, 0.6) is 0 Å². The number of halogens is 4. The van der Waals surface area contributed by atoms with E-state index in [2.05, 4.69) is 0 Å². The molecule has 2 N–H and O–H groups in total. The van der Waals surface area contributed by atoms with Crippen LogP contribution in [0.2, 0.25) is 0 Å². The van der Waals surface area contributed by atoms with Crippen molar-refractivity contribution in [1.82, 2.24) is 0 Å². The molecular formula is C15H13F3INO3. The summed E-state index contributed by atoms with van der Waals surface area (Å²) >= 11 is 1.93. The summed E-state index contributed by atoms with van der Waals surface area (Å²) in [6.45, 7) is 1.26. The molecule has 0 amide bonds. The number of carbonyl (C=O) groups excluding carboxylic acids is 1. The Balaban J connectivity index is 2.85. The van der Waals surface area contributed by atoms with Gasteiger partial charge in [-0.15, -0.1) is 0 Å². The van der Waals surface area contributed by atoms with Crippen molar-refractivity contribution in [2.24, 2.45) is 5.92 Å². The maximum absolute atomic E-state index is 13.3. The third-order valence-electron chi connectivity index (χ3n) is 4.04. The minimum atomic E-state index is -4.84. The zero-order valence-corrected chi connectivity index (χ0v) is 14.1. The van der Waals surface area contributed by atoms with E-state index in [1.807, 2.05) is 22.6 Å². The van der Waals surface area contributed by atoms with Gasteiger partial charge in [0.15, 0.2) is 5.78 Å². The van der Waals surface area contributed by atoms with Crippen LogP contribution in [0.3, 0.4) is 0 Å². The van der Waals surface area contributed by atoms with E-state index in [4.69, 9.17) is 5.26 Å². The Bertz CT molecular complexity index is 696. The topological polar surface area (TPSA) is 81.3 Å². The number of nitriles is 1. The van der Waals surface area contributed by atoms with Gasteiger partial charge >= 0.3 is 6.18 Å². The van der Waals surface area contributed by atoms with Crippen LogP contribution in [-0.2, 0) is 11.8 Å². The lowest BCUT2D eigenvalue weighted by molar-refractivity contribution is -0.138. The van der Waals surface area contributed by atoms with Crippen LogP contribution in [0, 0.1) is 17.2 Å². The number of benzene rings is 1. The maximum Gasteiger partial charge on any atom is 0.417 e. The Morgan fingerprint density at radius 2 is 2.09 bits per heavy atom.